The molecule has 0 saturated heterocycles. The summed E-state index contributed by atoms with van der Waals surface area (Å²) in [5, 5.41) is 4.66. The second kappa shape index (κ2) is 6.69. The minimum atomic E-state index is -0.0771. The van der Waals surface area contributed by atoms with E-state index < -0.39 is 0 Å². The number of rotatable bonds is 4. The Balaban J connectivity index is 2.64. The highest BCUT2D eigenvalue weighted by Gasteiger charge is 2.21. The van der Waals surface area contributed by atoms with Crippen LogP contribution in [0.25, 0.3) is 0 Å². The van der Waals surface area contributed by atoms with E-state index in [1.807, 2.05) is 25.2 Å². The van der Waals surface area contributed by atoms with Crippen molar-refractivity contribution in [2.24, 2.45) is 0 Å². The van der Waals surface area contributed by atoms with Crippen molar-refractivity contribution in [1.29, 1.82) is 0 Å². The Hall–Kier alpha value is -1.22. The summed E-state index contributed by atoms with van der Waals surface area (Å²) in [5.41, 5.74) is 4.34. The first-order valence-corrected chi connectivity index (χ1v) is 7.51. The van der Waals surface area contributed by atoms with Gasteiger partial charge in [-0.25, -0.2) is 0 Å². The Bertz CT molecular complexity index is 655. The van der Waals surface area contributed by atoms with Gasteiger partial charge >= 0.3 is 0 Å². The number of hydrogen-bond donors (Lipinski definition) is 1. The number of hydrogen-bond acceptors (Lipinski definition) is 2. The normalized spacial score (nSPS) is 12.3. The van der Waals surface area contributed by atoms with Gasteiger partial charge in [0.05, 0.1) is 13.2 Å². The van der Waals surface area contributed by atoms with Crippen molar-refractivity contribution in [3.63, 3.8) is 0 Å². The third-order valence-electron chi connectivity index (χ3n) is 3.56. The van der Waals surface area contributed by atoms with Gasteiger partial charge in [0.25, 0.3) is 0 Å². The monoisotopic (exact) mass is 323 g/mol. The summed E-state index contributed by atoms with van der Waals surface area (Å²) in [5.74, 6) is 0.850. The molecular formula is C17H19Cl2NO. The molecule has 0 saturated carbocycles. The number of nitrogens with one attached hydrogen (secondary N) is 1. The zero-order valence-electron chi connectivity index (χ0n) is 12.6. The number of halogens is 2. The van der Waals surface area contributed by atoms with E-state index in [-0.39, 0.29) is 6.04 Å². The van der Waals surface area contributed by atoms with Gasteiger partial charge in [0.15, 0.2) is 0 Å². The predicted octanol–water partition coefficient (Wildman–Crippen LogP) is 4.93. The lowest BCUT2D eigenvalue weighted by Crippen LogP contribution is -2.20. The molecule has 0 aliphatic heterocycles. The molecule has 1 N–H and O–H groups in total. The maximum Gasteiger partial charge on any atom is 0.124 e. The average Bonchev–Trinajstić information content (AvgIpc) is 2.44. The fourth-order valence-corrected chi connectivity index (χ4v) is 3.08. The van der Waals surface area contributed by atoms with Crippen LogP contribution >= 0.6 is 23.2 Å². The molecule has 2 aromatic carbocycles. The smallest absolute Gasteiger partial charge is 0.124 e. The molecule has 21 heavy (non-hydrogen) atoms. The lowest BCUT2D eigenvalue weighted by molar-refractivity contribution is 0.404. The van der Waals surface area contributed by atoms with Crippen LogP contribution in [0.15, 0.2) is 30.3 Å². The number of methoxy groups -OCH3 is 1. The van der Waals surface area contributed by atoms with Crippen LogP contribution in [0.1, 0.15) is 28.3 Å². The predicted molar refractivity (Wildman–Crippen MR) is 89.8 cm³/mol. The Labute approximate surface area is 136 Å². The van der Waals surface area contributed by atoms with E-state index in [9.17, 15) is 0 Å². The molecular weight excluding hydrogens is 305 g/mol. The van der Waals surface area contributed by atoms with Crippen LogP contribution in [0.2, 0.25) is 10.0 Å². The first kappa shape index (κ1) is 16.2. The molecule has 112 valence electrons. The highest BCUT2D eigenvalue weighted by atomic mass is 35.5. The van der Waals surface area contributed by atoms with Gasteiger partial charge in [-0.15, -0.1) is 0 Å². The van der Waals surface area contributed by atoms with Gasteiger partial charge in [0, 0.05) is 15.6 Å². The molecule has 4 heteroatoms. The fourth-order valence-electron chi connectivity index (χ4n) is 2.67. The van der Waals surface area contributed by atoms with Gasteiger partial charge < -0.3 is 10.1 Å². The van der Waals surface area contributed by atoms with Gasteiger partial charge in [-0.3, -0.25) is 0 Å². The molecule has 0 aliphatic carbocycles. The zero-order chi connectivity index (χ0) is 15.6. The zero-order valence-corrected chi connectivity index (χ0v) is 14.1. The number of ether oxygens (including phenoxy) is 1. The second-order valence-electron chi connectivity index (χ2n) is 5.09. The summed E-state index contributed by atoms with van der Waals surface area (Å²) in [6.45, 7) is 4.13. The van der Waals surface area contributed by atoms with Crippen LogP contribution in [0.3, 0.4) is 0 Å². The minimum absolute atomic E-state index is 0.0771. The van der Waals surface area contributed by atoms with Crippen molar-refractivity contribution in [2.45, 2.75) is 19.9 Å². The largest absolute Gasteiger partial charge is 0.496 e. The topological polar surface area (TPSA) is 21.3 Å². The van der Waals surface area contributed by atoms with Crippen molar-refractivity contribution in [3.05, 3.63) is 62.6 Å². The third kappa shape index (κ3) is 3.34. The third-order valence-corrected chi connectivity index (χ3v) is 4.14. The SMILES string of the molecule is CNC(c1cc(Cl)ccc1Cl)c1c(C)cc(C)cc1OC. The molecule has 0 heterocycles. The summed E-state index contributed by atoms with van der Waals surface area (Å²) < 4.78 is 5.57. The van der Waals surface area contributed by atoms with E-state index in [4.69, 9.17) is 27.9 Å². The van der Waals surface area contributed by atoms with Gasteiger partial charge in [0.1, 0.15) is 5.75 Å². The van der Waals surface area contributed by atoms with E-state index in [2.05, 4.69) is 25.2 Å². The molecule has 0 aromatic heterocycles. The number of aryl methyl sites for hydroxylation is 2. The molecule has 0 bridgehead atoms. The molecule has 2 rings (SSSR count). The first-order valence-electron chi connectivity index (χ1n) is 6.75. The maximum absolute atomic E-state index is 6.36. The maximum atomic E-state index is 6.36. The molecule has 1 atom stereocenters. The van der Waals surface area contributed by atoms with Crippen molar-refractivity contribution in [2.75, 3.05) is 14.2 Å². The van der Waals surface area contributed by atoms with E-state index in [0.29, 0.717) is 10.0 Å². The molecule has 0 aliphatic rings. The lowest BCUT2D eigenvalue weighted by atomic mass is 9.93. The molecule has 0 spiro atoms. The van der Waals surface area contributed by atoms with E-state index in [1.165, 1.54) is 5.56 Å². The fraction of sp³-hybridized carbons (Fsp3) is 0.294. The lowest BCUT2D eigenvalue weighted by Gasteiger charge is -2.23. The van der Waals surface area contributed by atoms with Crippen molar-refractivity contribution in [3.8, 4) is 5.75 Å². The second-order valence-corrected chi connectivity index (χ2v) is 5.93. The van der Waals surface area contributed by atoms with Gasteiger partial charge in [-0.05, 0) is 61.9 Å². The molecule has 0 radical (unpaired) electrons. The molecule has 1 unspecified atom stereocenters. The summed E-state index contributed by atoms with van der Waals surface area (Å²) in [7, 11) is 3.59. The quantitative estimate of drug-likeness (QED) is 0.861. The summed E-state index contributed by atoms with van der Waals surface area (Å²) >= 11 is 12.5. The van der Waals surface area contributed by atoms with Crippen LogP contribution in [-0.2, 0) is 0 Å². The standard InChI is InChI=1S/C17H19Cl2NO/c1-10-7-11(2)16(15(8-10)21-4)17(20-3)13-9-12(18)5-6-14(13)19/h5-9,17,20H,1-4H3. The van der Waals surface area contributed by atoms with Gasteiger partial charge in [-0.1, -0.05) is 29.3 Å². The summed E-state index contributed by atoms with van der Waals surface area (Å²) in [6, 6.07) is 9.60. The van der Waals surface area contributed by atoms with Crippen LogP contribution in [0, 0.1) is 13.8 Å². The van der Waals surface area contributed by atoms with Gasteiger partial charge in [-0.2, -0.15) is 0 Å². The molecule has 2 aromatic rings. The van der Waals surface area contributed by atoms with Crippen molar-refractivity contribution >= 4 is 23.2 Å². The summed E-state index contributed by atoms with van der Waals surface area (Å²) in [4.78, 5) is 0. The first-order chi connectivity index (χ1) is 9.97. The summed E-state index contributed by atoms with van der Waals surface area (Å²) in [6.07, 6.45) is 0. The van der Waals surface area contributed by atoms with E-state index in [1.54, 1.807) is 13.2 Å². The van der Waals surface area contributed by atoms with Crippen molar-refractivity contribution in [1.82, 2.24) is 5.32 Å². The minimum Gasteiger partial charge on any atom is -0.496 e. The van der Waals surface area contributed by atoms with E-state index >= 15 is 0 Å². The Morgan fingerprint density at radius 1 is 1.10 bits per heavy atom. The van der Waals surface area contributed by atoms with E-state index in [0.717, 1.165) is 22.4 Å². The highest BCUT2D eigenvalue weighted by molar-refractivity contribution is 6.33. The Morgan fingerprint density at radius 2 is 1.81 bits per heavy atom. The van der Waals surface area contributed by atoms with Crippen LogP contribution in [-0.4, -0.2) is 14.2 Å². The molecule has 0 fully saturated rings. The highest BCUT2D eigenvalue weighted by Crippen LogP contribution is 2.37. The van der Waals surface area contributed by atoms with Crippen LogP contribution < -0.4 is 10.1 Å². The Morgan fingerprint density at radius 3 is 2.43 bits per heavy atom. The molecule has 0 amide bonds. The van der Waals surface area contributed by atoms with Crippen LogP contribution in [0.5, 0.6) is 5.75 Å². The molecule has 2 nitrogen and oxygen atoms in total. The Kier molecular flexibility index (Phi) is 5.15. The number of benzene rings is 2. The van der Waals surface area contributed by atoms with Crippen molar-refractivity contribution < 1.29 is 4.74 Å². The average molecular weight is 324 g/mol. The van der Waals surface area contributed by atoms with Gasteiger partial charge in [0.2, 0.25) is 0 Å². The van der Waals surface area contributed by atoms with Crippen LogP contribution in [0.4, 0.5) is 0 Å².